The van der Waals surface area contributed by atoms with Crippen molar-refractivity contribution in [2.75, 3.05) is 0 Å². The summed E-state index contributed by atoms with van der Waals surface area (Å²) in [6, 6.07) is 0. The van der Waals surface area contributed by atoms with E-state index < -0.39 is 0 Å². The normalized spacial score (nSPS) is 33.4. The molecular weight excluding hydrogens is 172 g/mol. The second-order valence-corrected chi connectivity index (χ2v) is 5.22. The van der Waals surface area contributed by atoms with Crippen molar-refractivity contribution in [3.05, 3.63) is 12.7 Å². The van der Waals surface area contributed by atoms with Crippen LogP contribution in [-0.2, 0) is 4.79 Å². The third-order valence-electron chi connectivity index (χ3n) is 3.73. The third-order valence-corrected chi connectivity index (χ3v) is 3.73. The average molecular weight is 194 g/mol. The molecule has 0 aromatic heterocycles. The van der Waals surface area contributed by atoms with Crippen molar-refractivity contribution in [1.29, 1.82) is 0 Å². The molecule has 1 rings (SSSR count). The van der Waals surface area contributed by atoms with Crippen LogP contribution in [0.2, 0.25) is 0 Å². The SMILES string of the molecule is C=CC[C@]1(C)CC[C@H](C(C)C)CC1=O. The van der Waals surface area contributed by atoms with E-state index in [-0.39, 0.29) is 5.41 Å². The van der Waals surface area contributed by atoms with Crippen LogP contribution in [0.25, 0.3) is 0 Å². The van der Waals surface area contributed by atoms with E-state index in [2.05, 4.69) is 27.4 Å². The van der Waals surface area contributed by atoms with Gasteiger partial charge in [0.25, 0.3) is 0 Å². The van der Waals surface area contributed by atoms with Gasteiger partial charge in [0.1, 0.15) is 5.78 Å². The first-order valence-electron chi connectivity index (χ1n) is 5.64. The first-order valence-corrected chi connectivity index (χ1v) is 5.64. The first-order chi connectivity index (χ1) is 6.49. The molecule has 0 aromatic rings. The molecule has 0 radical (unpaired) electrons. The summed E-state index contributed by atoms with van der Waals surface area (Å²) >= 11 is 0. The van der Waals surface area contributed by atoms with Gasteiger partial charge < -0.3 is 0 Å². The zero-order valence-corrected chi connectivity index (χ0v) is 9.68. The van der Waals surface area contributed by atoms with Gasteiger partial charge in [-0.1, -0.05) is 26.8 Å². The van der Waals surface area contributed by atoms with Crippen molar-refractivity contribution in [3.63, 3.8) is 0 Å². The van der Waals surface area contributed by atoms with Gasteiger partial charge in [0.15, 0.2) is 0 Å². The van der Waals surface area contributed by atoms with E-state index in [9.17, 15) is 4.79 Å². The second kappa shape index (κ2) is 4.29. The Morgan fingerprint density at radius 2 is 2.29 bits per heavy atom. The Kier molecular flexibility index (Phi) is 3.52. The van der Waals surface area contributed by atoms with Crippen LogP contribution in [0, 0.1) is 17.3 Å². The highest BCUT2D eigenvalue weighted by Gasteiger charge is 2.38. The molecular formula is C13H22O. The fraction of sp³-hybridized carbons (Fsp3) is 0.769. The molecule has 1 heteroatoms. The van der Waals surface area contributed by atoms with Crippen LogP contribution in [0.5, 0.6) is 0 Å². The minimum atomic E-state index is -0.104. The molecule has 0 unspecified atom stereocenters. The summed E-state index contributed by atoms with van der Waals surface area (Å²) in [5.74, 6) is 1.70. The lowest BCUT2D eigenvalue weighted by Gasteiger charge is -2.36. The molecule has 0 spiro atoms. The molecule has 0 saturated heterocycles. The molecule has 1 saturated carbocycles. The maximum Gasteiger partial charge on any atom is 0.139 e. The quantitative estimate of drug-likeness (QED) is 0.627. The Labute approximate surface area is 87.6 Å². The van der Waals surface area contributed by atoms with Gasteiger partial charge in [-0.05, 0) is 31.1 Å². The van der Waals surface area contributed by atoms with Gasteiger partial charge in [-0.25, -0.2) is 0 Å². The van der Waals surface area contributed by atoms with E-state index in [0.717, 1.165) is 19.3 Å². The van der Waals surface area contributed by atoms with Crippen molar-refractivity contribution >= 4 is 5.78 Å². The topological polar surface area (TPSA) is 17.1 Å². The Hall–Kier alpha value is -0.590. The standard InChI is InChI=1S/C13H22O/c1-5-7-13(4)8-6-11(10(2)3)9-12(13)14/h5,10-11H,1,6-9H2,2-4H3/t11-,13+/m0/s1. The van der Waals surface area contributed by atoms with Crippen molar-refractivity contribution in [2.45, 2.75) is 46.5 Å². The minimum absolute atomic E-state index is 0.104. The van der Waals surface area contributed by atoms with Crippen molar-refractivity contribution < 1.29 is 4.79 Å². The maximum atomic E-state index is 12.0. The first kappa shape index (κ1) is 11.5. The Balaban J connectivity index is 2.64. The molecule has 0 aliphatic heterocycles. The molecule has 0 heterocycles. The van der Waals surface area contributed by atoms with Crippen LogP contribution in [0.4, 0.5) is 0 Å². The van der Waals surface area contributed by atoms with Gasteiger partial charge in [0.2, 0.25) is 0 Å². The van der Waals surface area contributed by atoms with Crippen LogP contribution in [0.3, 0.4) is 0 Å². The fourth-order valence-corrected chi connectivity index (χ4v) is 2.33. The highest BCUT2D eigenvalue weighted by molar-refractivity contribution is 5.85. The predicted octanol–water partition coefficient (Wildman–Crippen LogP) is 3.59. The number of allylic oxidation sites excluding steroid dienone is 1. The van der Waals surface area contributed by atoms with Crippen LogP contribution in [-0.4, -0.2) is 5.78 Å². The number of hydrogen-bond acceptors (Lipinski definition) is 1. The number of hydrogen-bond donors (Lipinski definition) is 0. The second-order valence-electron chi connectivity index (χ2n) is 5.22. The fourth-order valence-electron chi connectivity index (χ4n) is 2.33. The number of Topliss-reactive ketones (excluding diaryl/α,β-unsaturated/α-hetero) is 1. The lowest BCUT2D eigenvalue weighted by Crippen LogP contribution is -2.35. The lowest BCUT2D eigenvalue weighted by atomic mass is 9.67. The molecule has 2 atom stereocenters. The average Bonchev–Trinajstić information content (AvgIpc) is 2.10. The number of ketones is 1. The van der Waals surface area contributed by atoms with Crippen molar-refractivity contribution in [3.8, 4) is 0 Å². The van der Waals surface area contributed by atoms with E-state index in [1.807, 2.05) is 6.08 Å². The van der Waals surface area contributed by atoms with Gasteiger partial charge in [0, 0.05) is 11.8 Å². The molecule has 1 aliphatic rings. The highest BCUT2D eigenvalue weighted by Crippen LogP contribution is 2.40. The van der Waals surface area contributed by atoms with E-state index in [4.69, 9.17) is 0 Å². The molecule has 0 bridgehead atoms. The van der Waals surface area contributed by atoms with Crippen LogP contribution in [0.1, 0.15) is 46.5 Å². The monoisotopic (exact) mass is 194 g/mol. The Morgan fingerprint density at radius 3 is 2.71 bits per heavy atom. The Morgan fingerprint density at radius 1 is 1.64 bits per heavy atom. The summed E-state index contributed by atoms with van der Waals surface area (Å²) in [4.78, 5) is 12.0. The van der Waals surface area contributed by atoms with Crippen molar-refractivity contribution in [2.24, 2.45) is 17.3 Å². The van der Waals surface area contributed by atoms with E-state index in [1.54, 1.807) is 0 Å². The summed E-state index contributed by atoms with van der Waals surface area (Å²) in [5, 5.41) is 0. The third kappa shape index (κ3) is 2.26. The van der Waals surface area contributed by atoms with Gasteiger partial charge in [-0.3, -0.25) is 4.79 Å². The van der Waals surface area contributed by atoms with Gasteiger partial charge in [0.05, 0.1) is 0 Å². The number of carbonyl (C=O) groups is 1. The van der Waals surface area contributed by atoms with Gasteiger partial charge >= 0.3 is 0 Å². The molecule has 0 aromatic carbocycles. The smallest absolute Gasteiger partial charge is 0.139 e. The summed E-state index contributed by atoms with van der Waals surface area (Å²) in [6.45, 7) is 10.3. The lowest BCUT2D eigenvalue weighted by molar-refractivity contribution is -0.132. The predicted molar refractivity (Wildman–Crippen MR) is 60.1 cm³/mol. The van der Waals surface area contributed by atoms with Crippen LogP contribution in [0.15, 0.2) is 12.7 Å². The highest BCUT2D eigenvalue weighted by atomic mass is 16.1. The zero-order chi connectivity index (χ0) is 10.8. The molecule has 1 nitrogen and oxygen atoms in total. The Bertz CT molecular complexity index is 229. The molecule has 0 N–H and O–H groups in total. The van der Waals surface area contributed by atoms with E-state index in [1.165, 1.54) is 6.42 Å². The van der Waals surface area contributed by atoms with Gasteiger partial charge in [-0.2, -0.15) is 0 Å². The summed E-state index contributed by atoms with van der Waals surface area (Å²) in [5.41, 5.74) is -0.104. The van der Waals surface area contributed by atoms with E-state index in [0.29, 0.717) is 17.6 Å². The summed E-state index contributed by atoms with van der Waals surface area (Å²) in [7, 11) is 0. The number of rotatable bonds is 3. The molecule has 80 valence electrons. The van der Waals surface area contributed by atoms with Gasteiger partial charge in [-0.15, -0.1) is 6.58 Å². The summed E-state index contributed by atoms with van der Waals surface area (Å²) < 4.78 is 0. The number of carbonyl (C=O) groups excluding carboxylic acids is 1. The van der Waals surface area contributed by atoms with Crippen LogP contribution >= 0.6 is 0 Å². The minimum Gasteiger partial charge on any atom is -0.299 e. The van der Waals surface area contributed by atoms with E-state index >= 15 is 0 Å². The molecule has 1 aliphatic carbocycles. The molecule has 0 amide bonds. The maximum absolute atomic E-state index is 12.0. The van der Waals surface area contributed by atoms with Crippen LogP contribution < -0.4 is 0 Å². The van der Waals surface area contributed by atoms with Crippen molar-refractivity contribution in [1.82, 2.24) is 0 Å². The molecule has 14 heavy (non-hydrogen) atoms. The summed E-state index contributed by atoms with van der Waals surface area (Å²) in [6.07, 6.45) is 5.75. The zero-order valence-electron chi connectivity index (χ0n) is 9.68. The largest absolute Gasteiger partial charge is 0.299 e. The molecule has 1 fully saturated rings.